The highest BCUT2D eigenvalue weighted by molar-refractivity contribution is 6.17. The highest BCUT2D eigenvalue weighted by atomic mass is 35.5. The van der Waals surface area contributed by atoms with E-state index in [4.69, 9.17) is 16.3 Å². The van der Waals surface area contributed by atoms with Gasteiger partial charge in [0.1, 0.15) is 5.75 Å². The van der Waals surface area contributed by atoms with E-state index in [9.17, 15) is 13.2 Å². The van der Waals surface area contributed by atoms with Gasteiger partial charge in [-0.25, -0.2) is 9.97 Å². The third kappa shape index (κ3) is 3.88. The minimum absolute atomic E-state index is 0.00299. The molecular formula is C15H14ClF3N2O. The SMILES string of the molecule is CCCOc1ccc(-c2ncc(CCl)cn2)c(C(F)(F)F)c1. The smallest absolute Gasteiger partial charge is 0.417 e. The van der Waals surface area contributed by atoms with Gasteiger partial charge in [-0.15, -0.1) is 11.6 Å². The molecule has 7 heteroatoms. The summed E-state index contributed by atoms with van der Waals surface area (Å²) in [6, 6.07) is 3.78. The molecule has 0 aliphatic carbocycles. The number of aromatic nitrogens is 2. The molecule has 118 valence electrons. The lowest BCUT2D eigenvalue weighted by molar-refractivity contribution is -0.137. The molecule has 0 amide bonds. The van der Waals surface area contributed by atoms with E-state index in [1.807, 2.05) is 6.92 Å². The van der Waals surface area contributed by atoms with E-state index in [0.717, 1.165) is 6.07 Å². The van der Waals surface area contributed by atoms with Crippen molar-refractivity contribution in [1.82, 2.24) is 9.97 Å². The fourth-order valence-corrected chi connectivity index (χ4v) is 1.96. The highest BCUT2D eigenvalue weighted by Crippen LogP contribution is 2.38. The van der Waals surface area contributed by atoms with Crippen molar-refractivity contribution in [2.75, 3.05) is 6.61 Å². The van der Waals surface area contributed by atoms with Crippen molar-refractivity contribution >= 4 is 11.6 Å². The second-order valence-corrected chi connectivity index (χ2v) is 4.87. The number of alkyl halides is 4. The van der Waals surface area contributed by atoms with Gasteiger partial charge in [0.2, 0.25) is 0 Å². The summed E-state index contributed by atoms with van der Waals surface area (Å²) in [4.78, 5) is 7.90. The van der Waals surface area contributed by atoms with Gasteiger partial charge >= 0.3 is 6.18 Å². The summed E-state index contributed by atoms with van der Waals surface area (Å²) in [5.41, 5.74) is -0.265. The molecular weight excluding hydrogens is 317 g/mol. The first-order valence-electron chi connectivity index (χ1n) is 6.67. The number of halogens is 4. The maximum absolute atomic E-state index is 13.2. The van der Waals surface area contributed by atoms with Gasteiger partial charge in [0, 0.05) is 23.5 Å². The molecule has 0 radical (unpaired) electrons. The number of hydrogen-bond acceptors (Lipinski definition) is 3. The molecule has 0 aliphatic rings. The van der Waals surface area contributed by atoms with Crippen LogP contribution in [0.25, 0.3) is 11.4 Å². The quantitative estimate of drug-likeness (QED) is 0.746. The Labute approximate surface area is 131 Å². The van der Waals surface area contributed by atoms with Crippen LogP contribution in [-0.4, -0.2) is 16.6 Å². The Hall–Kier alpha value is -1.82. The first kappa shape index (κ1) is 16.5. The fraction of sp³-hybridized carbons (Fsp3) is 0.333. The first-order chi connectivity index (χ1) is 10.5. The van der Waals surface area contributed by atoms with Crippen LogP contribution in [-0.2, 0) is 12.1 Å². The molecule has 2 rings (SSSR count). The van der Waals surface area contributed by atoms with Gasteiger partial charge in [-0.1, -0.05) is 6.92 Å². The fourth-order valence-electron chi connectivity index (χ4n) is 1.83. The first-order valence-corrected chi connectivity index (χ1v) is 7.20. The Morgan fingerprint density at radius 1 is 1.18 bits per heavy atom. The molecule has 0 bridgehead atoms. The van der Waals surface area contributed by atoms with Crippen LogP contribution in [0.15, 0.2) is 30.6 Å². The van der Waals surface area contributed by atoms with E-state index in [0.29, 0.717) is 18.6 Å². The van der Waals surface area contributed by atoms with E-state index in [-0.39, 0.29) is 23.0 Å². The van der Waals surface area contributed by atoms with Crippen LogP contribution >= 0.6 is 11.6 Å². The van der Waals surface area contributed by atoms with Gasteiger partial charge < -0.3 is 4.74 Å². The summed E-state index contributed by atoms with van der Waals surface area (Å²) in [6.07, 6.45) is -0.977. The molecule has 1 aromatic carbocycles. The lowest BCUT2D eigenvalue weighted by Gasteiger charge is -2.14. The zero-order chi connectivity index (χ0) is 16.2. The van der Waals surface area contributed by atoms with Crippen LogP contribution in [0.2, 0.25) is 0 Å². The summed E-state index contributed by atoms with van der Waals surface area (Å²) < 4.78 is 45.0. The Morgan fingerprint density at radius 2 is 1.86 bits per heavy atom. The maximum atomic E-state index is 13.2. The molecule has 0 fully saturated rings. The predicted octanol–water partition coefficient (Wildman–Crippen LogP) is 4.69. The summed E-state index contributed by atoms with van der Waals surface area (Å²) in [6.45, 7) is 2.24. The standard InChI is InChI=1S/C15H14ClF3N2O/c1-2-5-22-11-3-4-12(13(6-11)15(17,18)19)14-20-8-10(7-16)9-21-14/h3-4,6,8-9H,2,5,7H2,1H3. The summed E-state index contributed by atoms with van der Waals surface area (Å²) in [5.74, 6) is 0.384. The van der Waals surface area contributed by atoms with Crippen LogP contribution in [0.4, 0.5) is 13.2 Å². The molecule has 22 heavy (non-hydrogen) atoms. The predicted molar refractivity (Wildman–Crippen MR) is 77.8 cm³/mol. The molecule has 0 aliphatic heterocycles. The Morgan fingerprint density at radius 3 is 2.41 bits per heavy atom. The van der Waals surface area contributed by atoms with Gasteiger partial charge in [-0.2, -0.15) is 13.2 Å². The van der Waals surface area contributed by atoms with Crippen molar-refractivity contribution < 1.29 is 17.9 Å². The molecule has 0 N–H and O–H groups in total. The Balaban J connectivity index is 2.44. The van der Waals surface area contributed by atoms with Crippen LogP contribution in [0.5, 0.6) is 5.75 Å². The van der Waals surface area contributed by atoms with Crippen molar-refractivity contribution in [1.29, 1.82) is 0 Å². The van der Waals surface area contributed by atoms with Gasteiger partial charge in [0.05, 0.1) is 18.1 Å². The Kier molecular flexibility index (Phi) is 5.24. The third-order valence-corrected chi connectivity index (χ3v) is 3.18. The number of ether oxygens (including phenoxy) is 1. The third-order valence-electron chi connectivity index (χ3n) is 2.87. The van der Waals surface area contributed by atoms with Crippen LogP contribution in [0.1, 0.15) is 24.5 Å². The number of rotatable bonds is 5. The molecule has 0 atom stereocenters. The van der Waals surface area contributed by atoms with Crippen LogP contribution in [0, 0.1) is 0 Å². The monoisotopic (exact) mass is 330 g/mol. The lowest BCUT2D eigenvalue weighted by Crippen LogP contribution is -2.09. The molecule has 0 spiro atoms. The molecule has 2 aromatic rings. The molecule has 0 saturated carbocycles. The van der Waals surface area contributed by atoms with E-state index < -0.39 is 11.7 Å². The topological polar surface area (TPSA) is 35.0 Å². The van der Waals surface area contributed by atoms with Crippen LogP contribution < -0.4 is 4.74 Å². The second-order valence-electron chi connectivity index (χ2n) is 4.60. The maximum Gasteiger partial charge on any atom is 0.417 e. The molecule has 1 heterocycles. The molecule has 0 unspecified atom stereocenters. The number of benzene rings is 1. The summed E-state index contributed by atoms with van der Waals surface area (Å²) >= 11 is 5.62. The van der Waals surface area contributed by atoms with E-state index in [1.165, 1.54) is 24.5 Å². The van der Waals surface area contributed by atoms with Gasteiger partial charge in [0.15, 0.2) is 5.82 Å². The van der Waals surface area contributed by atoms with Gasteiger partial charge in [-0.05, 0) is 24.6 Å². The molecule has 0 saturated heterocycles. The van der Waals surface area contributed by atoms with Crippen molar-refractivity contribution in [3.05, 3.63) is 41.7 Å². The second kappa shape index (κ2) is 6.96. The molecule has 3 nitrogen and oxygen atoms in total. The average Bonchev–Trinajstić information content (AvgIpc) is 2.52. The van der Waals surface area contributed by atoms with Crippen molar-refractivity contribution in [3.8, 4) is 17.1 Å². The minimum Gasteiger partial charge on any atom is -0.494 e. The van der Waals surface area contributed by atoms with E-state index in [1.54, 1.807) is 0 Å². The minimum atomic E-state index is -4.52. The van der Waals surface area contributed by atoms with Crippen LogP contribution in [0.3, 0.4) is 0 Å². The van der Waals surface area contributed by atoms with Crippen molar-refractivity contribution in [2.24, 2.45) is 0 Å². The highest BCUT2D eigenvalue weighted by Gasteiger charge is 2.35. The number of hydrogen-bond donors (Lipinski definition) is 0. The zero-order valence-corrected chi connectivity index (χ0v) is 12.6. The Bertz CT molecular complexity index is 630. The van der Waals surface area contributed by atoms with E-state index >= 15 is 0 Å². The average molecular weight is 331 g/mol. The largest absolute Gasteiger partial charge is 0.494 e. The zero-order valence-electron chi connectivity index (χ0n) is 11.8. The summed E-state index contributed by atoms with van der Waals surface area (Å²) in [7, 11) is 0. The normalized spacial score (nSPS) is 11.5. The van der Waals surface area contributed by atoms with E-state index in [2.05, 4.69) is 9.97 Å². The van der Waals surface area contributed by atoms with Crippen molar-refractivity contribution in [3.63, 3.8) is 0 Å². The van der Waals surface area contributed by atoms with Gasteiger partial charge in [0.25, 0.3) is 0 Å². The summed E-state index contributed by atoms with van der Waals surface area (Å²) in [5, 5.41) is 0. The molecule has 1 aromatic heterocycles. The lowest BCUT2D eigenvalue weighted by atomic mass is 10.1. The number of nitrogens with zero attached hydrogens (tertiary/aromatic N) is 2. The van der Waals surface area contributed by atoms with Crippen molar-refractivity contribution in [2.45, 2.75) is 25.4 Å². The van der Waals surface area contributed by atoms with Gasteiger partial charge in [-0.3, -0.25) is 0 Å².